The quantitative estimate of drug-likeness (QED) is 0.508. The summed E-state index contributed by atoms with van der Waals surface area (Å²) in [4.78, 5) is 12.2. The number of nitrogens with one attached hydrogen (secondary N) is 2. The first kappa shape index (κ1) is 16.9. The van der Waals surface area contributed by atoms with Crippen molar-refractivity contribution in [2.45, 2.75) is 0 Å². The second-order valence-corrected chi connectivity index (χ2v) is 6.04. The fraction of sp³-hybridized carbons (Fsp3) is 0.0556. The maximum Gasteiger partial charge on any atom is 0.289 e. The molecule has 0 saturated heterocycles. The highest BCUT2D eigenvalue weighted by molar-refractivity contribution is 9.10. The molecule has 0 bridgehead atoms. The number of carbonyl (C=O) groups excluding carboxylic acids is 1. The zero-order valence-corrected chi connectivity index (χ0v) is 14.9. The van der Waals surface area contributed by atoms with E-state index in [0.717, 1.165) is 15.6 Å². The van der Waals surface area contributed by atoms with Crippen molar-refractivity contribution in [3.63, 3.8) is 0 Å². The number of methoxy groups -OCH3 is 1. The van der Waals surface area contributed by atoms with E-state index < -0.39 is 0 Å². The van der Waals surface area contributed by atoms with E-state index in [1.54, 1.807) is 19.4 Å². The Morgan fingerprint density at radius 1 is 1.24 bits per heavy atom. The topological polar surface area (TPSA) is 79.4 Å². The Morgan fingerprint density at radius 2 is 2.08 bits per heavy atom. The second kappa shape index (κ2) is 7.76. The summed E-state index contributed by atoms with van der Waals surface area (Å²) >= 11 is 3.38. The van der Waals surface area contributed by atoms with Gasteiger partial charge in [0.2, 0.25) is 0 Å². The van der Waals surface area contributed by atoms with E-state index in [4.69, 9.17) is 4.74 Å². The van der Waals surface area contributed by atoms with Crippen LogP contribution in [0.25, 0.3) is 11.3 Å². The van der Waals surface area contributed by atoms with Crippen LogP contribution in [0.5, 0.6) is 5.75 Å². The molecule has 1 amide bonds. The molecular weight excluding hydrogens is 384 g/mol. The largest absolute Gasteiger partial charge is 0.496 e. The van der Waals surface area contributed by atoms with Gasteiger partial charge in [0.25, 0.3) is 5.91 Å². The van der Waals surface area contributed by atoms with E-state index >= 15 is 0 Å². The van der Waals surface area contributed by atoms with Gasteiger partial charge in [-0.3, -0.25) is 9.89 Å². The molecule has 0 unspecified atom stereocenters. The lowest BCUT2D eigenvalue weighted by atomic mass is 10.1. The van der Waals surface area contributed by atoms with Crippen LogP contribution in [0.1, 0.15) is 16.1 Å². The fourth-order valence-electron chi connectivity index (χ4n) is 2.24. The lowest BCUT2D eigenvalue weighted by Gasteiger charge is -2.04. The number of H-pyrrole nitrogens is 1. The summed E-state index contributed by atoms with van der Waals surface area (Å²) in [6.07, 6.45) is 1.57. The second-order valence-electron chi connectivity index (χ2n) is 5.12. The average Bonchev–Trinajstić information content (AvgIpc) is 3.12. The minimum absolute atomic E-state index is 0.312. The molecule has 2 aromatic carbocycles. The number of amides is 1. The van der Waals surface area contributed by atoms with Crippen LogP contribution in [-0.4, -0.2) is 29.4 Å². The van der Waals surface area contributed by atoms with Crippen LogP contribution >= 0.6 is 15.9 Å². The Kier molecular flexibility index (Phi) is 5.25. The fourth-order valence-corrected chi connectivity index (χ4v) is 2.66. The summed E-state index contributed by atoms with van der Waals surface area (Å²) in [6.45, 7) is 0. The Bertz CT molecular complexity index is 921. The van der Waals surface area contributed by atoms with Crippen molar-refractivity contribution in [2.24, 2.45) is 5.10 Å². The highest BCUT2D eigenvalue weighted by Gasteiger charge is 2.13. The van der Waals surface area contributed by atoms with Gasteiger partial charge in [-0.2, -0.15) is 10.2 Å². The first-order valence-corrected chi connectivity index (χ1v) is 8.24. The first-order chi connectivity index (χ1) is 12.2. The number of hydrazone groups is 1. The van der Waals surface area contributed by atoms with Gasteiger partial charge in [0.15, 0.2) is 0 Å². The number of aromatic nitrogens is 2. The van der Waals surface area contributed by atoms with Crippen LogP contribution in [0.4, 0.5) is 0 Å². The summed E-state index contributed by atoms with van der Waals surface area (Å²) < 4.78 is 6.25. The number of hydrogen-bond acceptors (Lipinski definition) is 4. The monoisotopic (exact) mass is 398 g/mol. The first-order valence-electron chi connectivity index (χ1n) is 7.45. The molecule has 0 radical (unpaired) electrons. The van der Waals surface area contributed by atoms with E-state index in [0.29, 0.717) is 17.1 Å². The molecule has 25 heavy (non-hydrogen) atoms. The van der Waals surface area contributed by atoms with E-state index in [2.05, 4.69) is 36.7 Å². The van der Waals surface area contributed by atoms with Crippen LogP contribution in [0.3, 0.4) is 0 Å². The number of rotatable bonds is 5. The minimum atomic E-state index is -0.375. The molecule has 3 rings (SSSR count). The number of nitrogens with zero attached hydrogens (tertiary/aromatic N) is 2. The van der Waals surface area contributed by atoms with Crippen LogP contribution in [-0.2, 0) is 0 Å². The number of benzene rings is 2. The van der Waals surface area contributed by atoms with Crippen molar-refractivity contribution in [3.8, 4) is 17.0 Å². The number of hydrogen-bond donors (Lipinski definition) is 2. The molecule has 3 aromatic rings. The van der Waals surface area contributed by atoms with Crippen LogP contribution in [0.15, 0.2) is 64.2 Å². The van der Waals surface area contributed by atoms with Crippen molar-refractivity contribution in [3.05, 3.63) is 70.3 Å². The zero-order chi connectivity index (χ0) is 17.6. The van der Waals surface area contributed by atoms with Crippen LogP contribution in [0.2, 0.25) is 0 Å². The average molecular weight is 399 g/mol. The molecule has 126 valence electrons. The van der Waals surface area contributed by atoms with Crippen LogP contribution < -0.4 is 10.2 Å². The van der Waals surface area contributed by atoms with Crippen molar-refractivity contribution in [1.29, 1.82) is 0 Å². The maximum atomic E-state index is 12.2. The van der Waals surface area contributed by atoms with Gasteiger partial charge in [0.1, 0.15) is 11.4 Å². The van der Waals surface area contributed by atoms with E-state index in [1.165, 1.54) is 0 Å². The third-order valence-electron chi connectivity index (χ3n) is 3.43. The van der Waals surface area contributed by atoms with E-state index in [1.807, 2.05) is 48.5 Å². The third-order valence-corrected chi connectivity index (χ3v) is 3.93. The predicted molar refractivity (Wildman–Crippen MR) is 99.8 cm³/mol. The number of ether oxygens (including phenoxy) is 1. The lowest BCUT2D eigenvalue weighted by molar-refractivity contribution is 0.0950. The maximum absolute atomic E-state index is 12.2. The molecule has 7 heteroatoms. The van der Waals surface area contributed by atoms with Gasteiger partial charge in [-0.15, -0.1) is 0 Å². The van der Waals surface area contributed by atoms with Crippen molar-refractivity contribution >= 4 is 28.1 Å². The molecule has 0 spiro atoms. The standard InChI is InChI=1S/C18H15BrN4O2/c1-25-17-8-3-2-7-14(17)15-10-16(22-21-15)18(24)23-20-11-12-5-4-6-13(19)9-12/h2-11H,1H3,(H,21,22)(H,23,24)/b20-11+. The molecular formula is C18H15BrN4O2. The van der Waals surface area contributed by atoms with E-state index in [-0.39, 0.29) is 5.91 Å². The highest BCUT2D eigenvalue weighted by Crippen LogP contribution is 2.28. The molecule has 1 heterocycles. The van der Waals surface area contributed by atoms with Gasteiger partial charge < -0.3 is 4.74 Å². The van der Waals surface area contributed by atoms with Crippen molar-refractivity contribution in [2.75, 3.05) is 7.11 Å². The SMILES string of the molecule is COc1ccccc1-c1cc(C(=O)N/N=C/c2cccc(Br)c2)[nH]n1. The molecule has 0 aliphatic carbocycles. The molecule has 0 fully saturated rings. The minimum Gasteiger partial charge on any atom is -0.496 e. The Labute approximate surface area is 153 Å². The zero-order valence-electron chi connectivity index (χ0n) is 13.4. The molecule has 2 N–H and O–H groups in total. The Morgan fingerprint density at radius 3 is 2.88 bits per heavy atom. The lowest BCUT2D eigenvalue weighted by Crippen LogP contribution is -2.17. The summed E-state index contributed by atoms with van der Waals surface area (Å²) in [5.74, 6) is 0.313. The van der Waals surface area contributed by atoms with Gasteiger partial charge in [0.05, 0.1) is 19.0 Å². The normalized spacial score (nSPS) is 10.8. The van der Waals surface area contributed by atoms with Crippen molar-refractivity contribution in [1.82, 2.24) is 15.6 Å². The number of halogens is 1. The van der Waals surface area contributed by atoms with E-state index in [9.17, 15) is 4.79 Å². The summed E-state index contributed by atoms with van der Waals surface area (Å²) in [5.41, 5.74) is 5.08. The molecule has 0 saturated carbocycles. The molecule has 0 aliphatic heterocycles. The summed E-state index contributed by atoms with van der Waals surface area (Å²) in [5, 5.41) is 10.8. The third kappa shape index (κ3) is 4.13. The number of aromatic amines is 1. The van der Waals surface area contributed by atoms with Crippen molar-refractivity contribution < 1.29 is 9.53 Å². The number of carbonyl (C=O) groups is 1. The smallest absolute Gasteiger partial charge is 0.289 e. The molecule has 1 aromatic heterocycles. The number of para-hydroxylation sites is 1. The van der Waals surface area contributed by atoms with Crippen LogP contribution in [0, 0.1) is 0 Å². The highest BCUT2D eigenvalue weighted by atomic mass is 79.9. The van der Waals surface area contributed by atoms with Gasteiger partial charge >= 0.3 is 0 Å². The van der Waals surface area contributed by atoms with Gasteiger partial charge in [-0.05, 0) is 35.9 Å². The summed E-state index contributed by atoms with van der Waals surface area (Å²) in [6, 6.07) is 16.7. The summed E-state index contributed by atoms with van der Waals surface area (Å²) in [7, 11) is 1.59. The van der Waals surface area contributed by atoms with Gasteiger partial charge in [0, 0.05) is 10.0 Å². The predicted octanol–water partition coefficient (Wildman–Crippen LogP) is 3.61. The molecule has 0 atom stereocenters. The van der Waals surface area contributed by atoms with Gasteiger partial charge in [-0.25, -0.2) is 5.43 Å². The Hall–Kier alpha value is -2.93. The molecule has 6 nitrogen and oxygen atoms in total. The Balaban J connectivity index is 1.70. The van der Waals surface area contributed by atoms with Gasteiger partial charge in [-0.1, -0.05) is 40.2 Å². The molecule has 0 aliphatic rings.